The van der Waals surface area contributed by atoms with Crippen LogP contribution in [0.5, 0.6) is 5.75 Å². The fraction of sp³-hybridized carbons (Fsp3) is 0.400. The van der Waals surface area contributed by atoms with Crippen molar-refractivity contribution < 1.29 is 14.3 Å². The molecular formula is C20H23N5O3S. The predicted octanol–water partition coefficient (Wildman–Crippen LogP) is 2.53. The molecule has 8 nitrogen and oxygen atoms in total. The van der Waals surface area contributed by atoms with Crippen molar-refractivity contribution >= 4 is 23.3 Å². The Bertz CT molecular complexity index is 997. The van der Waals surface area contributed by atoms with E-state index < -0.39 is 0 Å². The minimum absolute atomic E-state index is 0.0512. The summed E-state index contributed by atoms with van der Waals surface area (Å²) in [6.07, 6.45) is 0.102. The van der Waals surface area contributed by atoms with E-state index in [0.717, 1.165) is 17.0 Å². The second kappa shape index (κ2) is 8.38. The third-order valence-electron chi connectivity index (χ3n) is 4.72. The molecule has 0 spiro atoms. The summed E-state index contributed by atoms with van der Waals surface area (Å²) in [5.41, 5.74) is 2.40. The van der Waals surface area contributed by atoms with Gasteiger partial charge in [-0.2, -0.15) is 9.61 Å². The summed E-state index contributed by atoms with van der Waals surface area (Å²) < 4.78 is 12.6. The average molecular weight is 414 g/mol. The van der Waals surface area contributed by atoms with Crippen molar-refractivity contribution in [1.29, 1.82) is 0 Å². The SMILES string of the molecule is COc1ccc(-c2ccc3nnc(SCC(=O)N4CC(C)OC(C)C4)n3n2)cc1. The molecule has 1 fully saturated rings. The van der Waals surface area contributed by atoms with E-state index in [1.54, 1.807) is 11.6 Å². The van der Waals surface area contributed by atoms with Crippen LogP contribution >= 0.6 is 11.8 Å². The number of hydrogen-bond acceptors (Lipinski definition) is 7. The first-order valence-corrected chi connectivity index (χ1v) is 10.4. The van der Waals surface area contributed by atoms with Crippen LogP contribution < -0.4 is 4.74 Å². The lowest BCUT2D eigenvalue weighted by atomic mass is 10.1. The van der Waals surface area contributed by atoms with E-state index in [1.807, 2.05) is 55.1 Å². The van der Waals surface area contributed by atoms with Gasteiger partial charge in [0, 0.05) is 18.7 Å². The number of carbonyl (C=O) groups excluding carboxylic acids is 1. The molecule has 152 valence electrons. The van der Waals surface area contributed by atoms with Crippen LogP contribution in [-0.2, 0) is 9.53 Å². The summed E-state index contributed by atoms with van der Waals surface area (Å²) in [6.45, 7) is 5.20. The second-order valence-electron chi connectivity index (χ2n) is 7.04. The molecule has 3 heterocycles. The van der Waals surface area contributed by atoms with Crippen LogP contribution in [0.15, 0.2) is 41.6 Å². The maximum absolute atomic E-state index is 12.6. The van der Waals surface area contributed by atoms with E-state index >= 15 is 0 Å². The Morgan fingerprint density at radius 1 is 1.14 bits per heavy atom. The van der Waals surface area contributed by atoms with Crippen molar-refractivity contribution in [3.63, 3.8) is 0 Å². The molecule has 9 heteroatoms. The highest BCUT2D eigenvalue weighted by Gasteiger charge is 2.26. The largest absolute Gasteiger partial charge is 0.497 e. The number of aromatic nitrogens is 4. The molecule has 2 atom stereocenters. The predicted molar refractivity (Wildman–Crippen MR) is 110 cm³/mol. The number of benzene rings is 1. The van der Waals surface area contributed by atoms with Crippen LogP contribution in [0.25, 0.3) is 16.9 Å². The minimum Gasteiger partial charge on any atom is -0.497 e. The molecule has 1 saturated heterocycles. The van der Waals surface area contributed by atoms with Crippen LogP contribution in [0.3, 0.4) is 0 Å². The highest BCUT2D eigenvalue weighted by molar-refractivity contribution is 7.99. The molecule has 4 rings (SSSR count). The molecule has 0 radical (unpaired) electrons. The van der Waals surface area contributed by atoms with Gasteiger partial charge in [-0.3, -0.25) is 4.79 Å². The Balaban J connectivity index is 1.49. The summed E-state index contributed by atoms with van der Waals surface area (Å²) in [4.78, 5) is 14.5. The number of ether oxygens (including phenoxy) is 2. The van der Waals surface area contributed by atoms with Gasteiger partial charge in [-0.15, -0.1) is 10.2 Å². The number of hydrogen-bond donors (Lipinski definition) is 0. The average Bonchev–Trinajstić information content (AvgIpc) is 3.13. The van der Waals surface area contributed by atoms with E-state index in [4.69, 9.17) is 9.47 Å². The Kier molecular flexibility index (Phi) is 5.68. The third kappa shape index (κ3) is 4.35. The van der Waals surface area contributed by atoms with Crippen LogP contribution in [-0.4, -0.2) is 68.8 Å². The second-order valence-corrected chi connectivity index (χ2v) is 7.99. The molecule has 29 heavy (non-hydrogen) atoms. The van der Waals surface area contributed by atoms with Gasteiger partial charge in [-0.1, -0.05) is 11.8 Å². The van der Waals surface area contributed by atoms with Gasteiger partial charge in [0.25, 0.3) is 0 Å². The molecule has 0 aliphatic carbocycles. The highest BCUT2D eigenvalue weighted by Crippen LogP contribution is 2.23. The molecule has 2 unspecified atom stereocenters. The fourth-order valence-corrected chi connectivity index (χ4v) is 4.16. The van der Waals surface area contributed by atoms with E-state index in [-0.39, 0.29) is 23.9 Å². The van der Waals surface area contributed by atoms with Crippen LogP contribution in [0.4, 0.5) is 0 Å². The van der Waals surface area contributed by atoms with E-state index in [9.17, 15) is 4.79 Å². The standard InChI is InChI=1S/C20H23N5O3S/c1-13-10-24(11-14(2)28-13)19(26)12-29-20-22-21-18-9-8-17(23-25(18)20)15-4-6-16(27-3)7-5-15/h4-9,13-14H,10-12H2,1-3H3. The lowest BCUT2D eigenvalue weighted by Crippen LogP contribution is -2.48. The quantitative estimate of drug-likeness (QED) is 0.595. The molecule has 2 aromatic heterocycles. The Hall–Kier alpha value is -2.65. The zero-order valence-corrected chi connectivity index (χ0v) is 17.4. The van der Waals surface area contributed by atoms with Crippen molar-refractivity contribution in [3.05, 3.63) is 36.4 Å². The number of nitrogens with zero attached hydrogens (tertiary/aromatic N) is 5. The highest BCUT2D eigenvalue weighted by atomic mass is 32.2. The van der Waals surface area contributed by atoms with Gasteiger partial charge in [0.1, 0.15) is 5.75 Å². The molecule has 0 saturated carbocycles. The molecule has 1 aliphatic heterocycles. The summed E-state index contributed by atoms with van der Waals surface area (Å²) in [5.74, 6) is 1.15. The molecule has 3 aromatic rings. The van der Waals surface area contributed by atoms with Gasteiger partial charge >= 0.3 is 0 Å². The summed E-state index contributed by atoms with van der Waals surface area (Å²) in [7, 11) is 1.64. The molecule has 1 amide bonds. The summed E-state index contributed by atoms with van der Waals surface area (Å²) in [5, 5.41) is 13.6. The minimum atomic E-state index is 0.0512. The van der Waals surface area contributed by atoms with Crippen molar-refractivity contribution in [3.8, 4) is 17.0 Å². The maximum atomic E-state index is 12.6. The van der Waals surface area contributed by atoms with Crippen molar-refractivity contribution in [2.24, 2.45) is 0 Å². The zero-order chi connectivity index (χ0) is 20.4. The first-order valence-electron chi connectivity index (χ1n) is 9.46. The number of thioether (sulfide) groups is 1. The Labute approximate surface area is 173 Å². The van der Waals surface area contributed by atoms with Crippen LogP contribution in [0, 0.1) is 0 Å². The summed E-state index contributed by atoms with van der Waals surface area (Å²) in [6, 6.07) is 11.5. The number of amides is 1. The Morgan fingerprint density at radius 3 is 2.55 bits per heavy atom. The van der Waals surface area contributed by atoms with Gasteiger partial charge < -0.3 is 14.4 Å². The molecule has 0 bridgehead atoms. The van der Waals surface area contributed by atoms with E-state index in [0.29, 0.717) is 23.9 Å². The van der Waals surface area contributed by atoms with E-state index in [2.05, 4.69) is 15.3 Å². The third-order valence-corrected chi connectivity index (χ3v) is 5.62. The first kappa shape index (κ1) is 19.7. The van der Waals surface area contributed by atoms with E-state index in [1.165, 1.54) is 11.8 Å². The Morgan fingerprint density at radius 2 is 1.86 bits per heavy atom. The topological polar surface area (TPSA) is 81.9 Å². The van der Waals surface area contributed by atoms with Gasteiger partial charge in [0.2, 0.25) is 11.1 Å². The molecule has 1 aliphatic rings. The van der Waals surface area contributed by atoms with Gasteiger partial charge in [0.05, 0.1) is 30.8 Å². The number of morpholine rings is 1. The monoisotopic (exact) mass is 413 g/mol. The maximum Gasteiger partial charge on any atom is 0.233 e. The number of fused-ring (bicyclic) bond motifs is 1. The molecular weight excluding hydrogens is 390 g/mol. The number of carbonyl (C=O) groups is 1. The van der Waals surface area contributed by atoms with Crippen LogP contribution in [0.1, 0.15) is 13.8 Å². The summed E-state index contributed by atoms with van der Waals surface area (Å²) >= 11 is 1.35. The normalized spacial score (nSPS) is 19.5. The smallest absolute Gasteiger partial charge is 0.233 e. The number of methoxy groups -OCH3 is 1. The van der Waals surface area contributed by atoms with Crippen LogP contribution in [0.2, 0.25) is 0 Å². The molecule has 0 N–H and O–H groups in total. The van der Waals surface area contributed by atoms with Crippen molar-refractivity contribution in [1.82, 2.24) is 24.7 Å². The number of rotatable bonds is 5. The fourth-order valence-electron chi connectivity index (χ4n) is 3.37. The lowest BCUT2D eigenvalue weighted by molar-refractivity contribution is -0.140. The first-order chi connectivity index (χ1) is 14.0. The van der Waals surface area contributed by atoms with Crippen molar-refractivity contribution in [2.75, 3.05) is 26.0 Å². The van der Waals surface area contributed by atoms with Crippen molar-refractivity contribution in [2.45, 2.75) is 31.2 Å². The van der Waals surface area contributed by atoms with Gasteiger partial charge in [0.15, 0.2) is 5.65 Å². The zero-order valence-electron chi connectivity index (χ0n) is 16.6. The van der Waals surface area contributed by atoms with Gasteiger partial charge in [-0.25, -0.2) is 0 Å². The lowest BCUT2D eigenvalue weighted by Gasteiger charge is -2.35. The van der Waals surface area contributed by atoms with Gasteiger partial charge in [-0.05, 0) is 50.2 Å². The molecule has 1 aromatic carbocycles.